The number of amides is 4. The first-order chi connectivity index (χ1) is 49.3. The molecule has 0 radical (unpaired) electrons. The van der Waals surface area contributed by atoms with E-state index in [1.807, 2.05) is 0 Å². The van der Waals surface area contributed by atoms with Crippen molar-refractivity contribution in [2.24, 2.45) is 20.0 Å². The Hall–Kier alpha value is -12.9. The predicted molar refractivity (Wildman–Crippen MR) is 357 cm³/mol. The Bertz CT molecular complexity index is 4040. The average molecular weight is 1460 g/mol. The average Bonchev–Trinajstić information content (AvgIpc) is 1.83. The molecule has 36 heteroatoms. The van der Waals surface area contributed by atoms with E-state index in [0.29, 0.717) is 121 Å². The first-order valence-corrected chi connectivity index (χ1v) is 30.3. The summed E-state index contributed by atoms with van der Waals surface area (Å²) in [7, 11) is 0. The molecule has 0 atom stereocenters. The molecule has 4 aliphatic rings. The molecule has 12 N–H and O–H groups in total. The van der Waals surface area contributed by atoms with Crippen LogP contribution in [0.5, 0.6) is 23.0 Å². The summed E-state index contributed by atoms with van der Waals surface area (Å²) in [6.07, 6.45) is -19.5. The van der Waals surface area contributed by atoms with E-state index in [1.54, 1.807) is 97.1 Å². The van der Waals surface area contributed by atoms with Gasteiger partial charge in [-0.3, -0.25) is 19.2 Å². The van der Waals surface area contributed by atoms with Crippen molar-refractivity contribution < 1.29 is 110 Å². The molecule has 544 valence electrons. The van der Waals surface area contributed by atoms with Gasteiger partial charge in [-0.25, -0.2) is 20.0 Å². The molecule has 4 amide bonds. The summed E-state index contributed by atoms with van der Waals surface area (Å²) in [4.78, 5) is 66.8. The van der Waals surface area contributed by atoms with Gasteiger partial charge in [0.05, 0.1) is 93.4 Å². The van der Waals surface area contributed by atoms with Crippen LogP contribution in [0.1, 0.15) is 63.7 Å². The summed E-state index contributed by atoms with van der Waals surface area (Å²) in [6, 6.07) is 39.7. The molecule has 0 spiro atoms. The second-order valence-corrected chi connectivity index (χ2v) is 21.3. The van der Waals surface area contributed by atoms with Crippen LogP contribution in [0.25, 0.3) is 0 Å². The minimum atomic E-state index is -4.87. The highest BCUT2D eigenvalue weighted by Gasteiger charge is 2.35. The fourth-order valence-corrected chi connectivity index (χ4v) is 9.58. The molecule has 0 bridgehead atoms. The van der Waals surface area contributed by atoms with Crippen LogP contribution in [0, 0.1) is 0 Å². The van der Waals surface area contributed by atoms with Gasteiger partial charge in [-0.1, -0.05) is 48.5 Å². The summed E-state index contributed by atoms with van der Waals surface area (Å²) < 4.78 is 185. The number of rotatable bonds is 16. The molecule has 104 heavy (non-hydrogen) atoms. The normalized spacial score (nSPS) is 13.7. The van der Waals surface area contributed by atoms with Gasteiger partial charge in [0.15, 0.2) is 0 Å². The maximum Gasteiger partial charge on any atom is 0.573 e. The number of nitrogens with one attached hydrogen (secondary N) is 4. The van der Waals surface area contributed by atoms with Gasteiger partial charge in [0.25, 0.3) is 23.6 Å². The van der Waals surface area contributed by atoms with Gasteiger partial charge < -0.3 is 82.1 Å². The topological polar surface area (TPSA) is 344 Å². The predicted octanol–water partition coefficient (Wildman–Crippen LogP) is 12.8. The number of aliphatic imine (C=N–C) groups is 4. The number of carbonyl (C=O) groups excluding carboxylic acids is 4. The SMILES string of the molecule is Nc1ccc(OC(F)(F)F)cc1C(=O)Nc1ccccc1C1=NCCO1.Nc1ccc(OC(F)(F)F)cc1C(=O)Nc1ccccc1C1=NCCO1.Nc1ccc(OC(F)(F)F)cc1C(=O)Nc1ccccc1C1=NCCO1.Nc1ccc(OC(F)(F)F)cc1C(=O)Nc1ccccc1C1=NCCO1. The monoisotopic (exact) mass is 1460 g/mol. The lowest BCUT2D eigenvalue weighted by Crippen LogP contribution is -2.19. The molecule has 0 saturated heterocycles. The Morgan fingerprint density at radius 3 is 0.673 bits per heavy atom. The van der Waals surface area contributed by atoms with E-state index >= 15 is 0 Å². The minimum absolute atomic E-state index is 0.0176. The molecule has 8 aromatic carbocycles. The molecular formula is C68H56F12N12O12. The van der Waals surface area contributed by atoms with Crippen LogP contribution in [0.4, 0.5) is 98.2 Å². The van der Waals surface area contributed by atoms with E-state index < -0.39 is 72.1 Å². The molecule has 0 fully saturated rings. The van der Waals surface area contributed by atoms with Gasteiger partial charge in [-0.2, -0.15) is 0 Å². The van der Waals surface area contributed by atoms with Crippen molar-refractivity contribution in [1.82, 2.24) is 0 Å². The highest BCUT2D eigenvalue weighted by atomic mass is 19.4. The van der Waals surface area contributed by atoms with Gasteiger partial charge >= 0.3 is 25.4 Å². The lowest BCUT2D eigenvalue weighted by atomic mass is 10.1. The first kappa shape index (κ1) is 75.3. The zero-order valence-corrected chi connectivity index (χ0v) is 53.4. The Morgan fingerprint density at radius 1 is 0.308 bits per heavy atom. The third kappa shape index (κ3) is 21.5. The van der Waals surface area contributed by atoms with Crippen molar-refractivity contribution in [2.75, 3.05) is 96.8 Å². The summed E-state index contributed by atoms with van der Waals surface area (Å²) in [5.41, 5.74) is 26.3. The van der Waals surface area contributed by atoms with Crippen molar-refractivity contribution in [3.8, 4) is 23.0 Å². The third-order valence-corrected chi connectivity index (χ3v) is 14.0. The van der Waals surface area contributed by atoms with E-state index in [4.69, 9.17) is 41.9 Å². The molecule has 4 aliphatic heterocycles. The van der Waals surface area contributed by atoms with Crippen molar-refractivity contribution in [1.29, 1.82) is 0 Å². The number of ether oxygens (including phenoxy) is 8. The van der Waals surface area contributed by atoms with Crippen molar-refractivity contribution in [3.63, 3.8) is 0 Å². The maximum absolute atomic E-state index is 12.5. The number of alkyl halides is 12. The molecule has 8 aromatic rings. The number of hydrogen-bond acceptors (Lipinski definition) is 20. The van der Waals surface area contributed by atoms with Crippen LogP contribution < -0.4 is 63.1 Å². The quantitative estimate of drug-likeness (QED) is 0.0329. The van der Waals surface area contributed by atoms with Crippen LogP contribution in [0.15, 0.2) is 190 Å². The number of halogens is 12. The van der Waals surface area contributed by atoms with E-state index in [9.17, 15) is 71.9 Å². The zero-order valence-electron chi connectivity index (χ0n) is 53.4. The largest absolute Gasteiger partial charge is 0.573 e. The van der Waals surface area contributed by atoms with Gasteiger partial charge in [0, 0.05) is 22.7 Å². The first-order valence-electron chi connectivity index (χ1n) is 30.3. The molecule has 0 unspecified atom stereocenters. The number of para-hydroxylation sites is 4. The fraction of sp³-hybridized carbons (Fsp3) is 0.176. The van der Waals surface area contributed by atoms with Gasteiger partial charge in [-0.05, 0) is 121 Å². The summed E-state index contributed by atoms with van der Waals surface area (Å²) in [6.45, 7) is 3.84. The van der Waals surface area contributed by atoms with Crippen molar-refractivity contribution >= 4 is 92.7 Å². The van der Waals surface area contributed by atoms with E-state index in [2.05, 4.69) is 60.2 Å². The molecule has 0 aliphatic carbocycles. The Morgan fingerprint density at radius 2 is 0.500 bits per heavy atom. The lowest BCUT2D eigenvalue weighted by Gasteiger charge is -2.14. The maximum atomic E-state index is 12.5. The smallest absolute Gasteiger partial charge is 0.475 e. The second-order valence-electron chi connectivity index (χ2n) is 21.3. The molecular weight excluding hydrogens is 1400 g/mol. The van der Waals surface area contributed by atoms with Gasteiger partial charge in [-0.15, -0.1) is 52.7 Å². The van der Waals surface area contributed by atoms with Crippen LogP contribution in [0.3, 0.4) is 0 Å². The Labute approximate surface area is 580 Å². The van der Waals surface area contributed by atoms with E-state index in [0.717, 1.165) is 48.5 Å². The van der Waals surface area contributed by atoms with Crippen LogP contribution >= 0.6 is 0 Å². The lowest BCUT2D eigenvalue weighted by molar-refractivity contribution is -0.275. The Balaban J connectivity index is 0.000000161. The van der Waals surface area contributed by atoms with Gasteiger partial charge in [0.2, 0.25) is 23.6 Å². The van der Waals surface area contributed by atoms with E-state index in [1.165, 1.54) is 24.3 Å². The zero-order chi connectivity index (χ0) is 74.9. The number of anilines is 8. The number of carbonyl (C=O) groups is 4. The second kappa shape index (κ2) is 33.0. The number of nitrogens with zero attached hydrogens (tertiary/aromatic N) is 4. The number of hydrogen-bond donors (Lipinski definition) is 8. The highest BCUT2D eigenvalue weighted by Crippen LogP contribution is 2.33. The highest BCUT2D eigenvalue weighted by molar-refractivity contribution is 6.14. The molecule has 24 nitrogen and oxygen atoms in total. The van der Waals surface area contributed by atoms with Gasteiger partial charge in [0.1, 0.15) is 49.4 Å². The van der Waals surface area contributed by atoms with Crippen LogP contribution in [0.2, 0.25) is 0 Å². The van der Waals surface area contributed by atoms with Crippen molar-refractivity contribution in [3.05, 3.63) is 214 Å². The summed E-state index contributed by atoms with van der Waals surface area (Å²) in [5, 5.41) is 10.5. The fourth-order valence-electron chi connectivity index (χ4n) is 9.58. The summed E-state index contributed by atoms with van der Waals surface area (Å²) in [5.74, 6) is -3.29. The number of nitrogens with two attached hydrogens (primary N) is 4. The molecule has 0 saturated carbocycles. The van der Waals surface area contributed by atoms with E-state index in [-0.39, 0.29) is 45.0 Å². The summed E-state index contributed by atoms with van der Waals surface area (Å²) >= 11 is 0. The third-order valence-electron chi connectivity index (χ3n) is 14.0. The minimum Gasteiger partial charge on any atom is -0.475 e. The van der Waals surface area contributed by atoms with Crippen LogP contribution in [-0.4, -0.2) is 125 Å². The standard InChI is InChI=1S/4C17H14F3N3O3/c4*18-17(19,20)26-10-5-6-13(21)12(9-10)15(24)23-14-4-2-1-3-11(14)16-22-7-8-25-16/h4*1-6,9H,7-8,21H2,(H,23,24). The molecule has 4 heterocycles. The number of nitrogen functional groups attached to an aromatic ring is 4. The Kier molecular flexibility index (Phi) is 23.9. The number of benzene rings is 8. The molecule has 12 rings (SSSR count). The molecule has 0 aromatic heterocycles. The van der Waals surface area contributed by atoms with Crippen LogP contribution in [-0.2, 0) is 18.9 Å². The van der Waals surface area contributed by atoms with Crippen molar-refractivity contribution in [2.45, 2.75) is 25.4 Å².